The highest BCUT2D eigenvalue weighted by Crippen LogP contribution is 2.32. The zero-order valence-electron chi connectivity index (χ0n) is 17.6. The quantitative estimate of drug-likeness (QED) is 0.557. The number of carbonyl (C=O) groups is 1. The van der Waals surface area contributed by atoms with Gasteiger partial charge < -0.3 is 5.32 Å². The molecule has 1 aliphatic rings. The summed E-state index contributed by atoms with van der Waals surface area (Å²) < 4.78 is 0. The third-order valence-corrected chi connectivity index (χ3v) is 6.21. The molecule has 1 aliphatic carbocycles. The van der Waals surface area contributed by atoms with Gasteiger partial charge in [-0.2, -0.15) is 0 Å². The van der Waals surface area contributed by atoms with Crippen molar-refractivity contribution in [3.63, 3.8) is 0 Å². The topological polar surface area (TPSA) is 67.8 Å². The largest absolute Gasteiger partial charge is 0.353 e. The van der Waals surface area contributed by atoms with Crippen LogP contribution in [0.4, 0.5) is 0 Å². The Labute approximate surface area is 181 Å². The molecule has 0 bridgehead atoms. The second-order valence-corrected chi connectivity index (χ2v) is 8.95. The van der Waals surface area contributed by atoms with Crippen molar-refractivity contribution >= 4 is 17.7 Å². The summed E-state index contributed by atoms with van der Waals surface area (Å²) in [5, 5.41) is 12.4. The van der Waals surface area contributed by atoms with Crippen molar-refractivity contribution in [2.75, 3.05) is 5.75 Å². The van der Waals surface area contributed by atoms with Gasteiger partial charge in [0.15, 0.2) is 0 Å². The van der Waals surface area contributed by atoms with Crippen LogP contribution in [0.5, 0.6) is 0 Å². The minimum atomic E-state index is 0.0162. The van der Waals surface area contributed by atoms with E-state index in [1.165, 1.54) is 35.7 Å². The Balaban J connectivity index is 1.58. The van der Waals surface area contributed by atoms with Crippen LogP contribution in [0.2, 0.25) is 0 Å². The molecule has 1 heterocycles. The zero-order chi connectivity index (χ0) is 21.1. The molecule has 30 heavy (non-hydrogen) atoms. The number of benzene rings is 2. The normalized spacial score (nSPS) is 14.4. The van der Waals surface area contributed by atoms with Crippen LogP contribution < -0.4 is 5.32 Å². The third-order valence-electron chi connectivity index (χ3n) is 5.37. The molecule has 1 fully saturated rings. The SMILES string of the molecule is Cc1ccc(-c2nnc(SCC(=O)N[C@H](C)C3CC3)nc2-c2ccc(C)cc2)cc1. The fourth-order valence-electron chi connectivity index (χ4n) is 3.33. The molecule has 0 spiro atoms. The summed E-state index contributed by atoms with van der Waals surface area (Å²) in [6.45, 7) is 6.19. The molecule has 154 valence electrons. The molecular formula is C24H26N4OS. The Hall–Kier alpha value is -2.73. The minimum Gasteiger partial charge on any atom is -0.353 e. The molecule has 5 nitrogen and oxygen atoms in total. The number of aryl methyl sites for hydroxylation is 2. The number of amides is 1. The maximum Gasteiger partial charge on any atom is 0.230 e. The minimum absolute atomic E-state index is 0.0162. The van der Waals surface area contributed by atoms with E-state index in [1.807, 2.05) is 12.1 Å². The van der Waals surface area contributed by atoms with Gasteiger partial charge in [-0.15, -0.1) is 10.2 Å². The highest BCUT2D eigenvalue weighted by Gasteiger charge is 2.28. The fraction of sp³-hybridized carbons (Fsp3) is 0.333. The lowest BCUT2D eigenvalue weighted by Crippen LogP contribution is -2.35. The van der Waals surface area contributed by atoms with Gasteiger partial charge >= 0.3 is 0 Å². The van der Waals surface area contributed by atoms with Crippen LogP contribution in [0.15, 0.2) is 53.7 Å². The second-order valence-electron chi connectivity index (χ2n) is 8.01. The van der Waals surface area contributed by atoms with Crippen molar-refractivity contribution in [2.24, 2.45) is 5.92 Å². The molecule has 1 N–H and O–H groups in total. The van der Waals surface area contributed by atoms with E-state index in [0.717, 1.165) is 22.5 Å². The first kappa shape index (κ1) is 20.5. The van der Waals surface area contributed by atoms with Crippen LogP contribution in [0.25, 0.3) is 22.5 Å². The Kier molecular flexibility index (Phi) is 6.13. The van der Waals surface area contributed by atoms with E-state index >= 15 is 0 Å². The summed E-state index contributed by atoms with van der Waals surface area (Å²) in [4.78, 5) is 17.0. The number of nitrogens with one attached hydrogen (secondary N) is 1. The molecule has 3 aromatic rings. The van der Waals surface area contributed by atoms with Crippen molar-refractivity contribution in [3.8, 4) is 22.5 Å². The molecule has 6 heteroatoms. The summed E-state index contributed by atoms with van der Waals surface area (Å²) in [5.41, 5.74) is 5.87. The predicted octanol–water partition coefficient (Wildman–Crippen LogP) is 4.83. The van der Waals surface area contributed by atoms with Crippen LogP contribution >= 0.6 is 11.8 Å². The summed E-state index contributed by atoms with van der Waals surface area (Å²) in [6.07, 6.45) is 2.42. The molecule has 0 aliphatic heterocycles. The van der Waals surface area contributed by atoms with E-state index in [2.05, 4.69) is 72.7 Å². The van der Waals surface area contributed by atoms with Crippen molar-refractivity contribution < 1.29 is 4.79 Å². The standard InChI is InChI=1S/C24H26N4OS/c1-15-4-8-19(9-5-15)22-23(20-10-6-16(2)7-11-20)27-28-24(26-22)30-14-21(29)25-17(3)18-12-13-18/h4-11,17-18H,12-14H2,1-3H3,(H,25,29)/t17-/m1/s1. The van der Waals surface area contributed by atoms with Gasteiger partial charge in [0.1, 0.15) is 11.4 Å². The van der Waals surface area contributed by atoms with Gasteiger partial charge in [0, 0.05) is 17.2 Å². The first-order valence-electron chi connectivity index (χ1n) is 10.3. The van der Waals surface area contributed by atoms with Crippen LogP contribution in [0, 0.1) is 19.8 Å². The monoisotopic (exact) mass is 418 g/mol. The summed E-state index contributed by atoms with van der Waals surface area (Å²) >= 11 is 1.32. The molecule has 1 atom stereocenters. The molecule has 0 saturated heterocycles. The second kappa shape index (κ2) is 8.96. The van der Waals surface area contributed by atoms with Crippen molar-refractivity contribution in [2.45, 2.75) is 44.8 Å². The van der Waals surface area contributed by atoms with Crippen molar-refractivity contribution in [1.29, 1.82) is 0 Å². The zero-order valence-corrected chi connectivity index (χ0v) is 18.4. The lowest BCUT2D eigenvalue weighted by Gasteiger charge is -2.12. The summed E-state index contributed by atoms with van der Waals surface area (Å²) in [5.74, 6) is 0.942. The fourth-order valence-corrected chi connectivity index (χ4v) is 3.93. The Morgan fingerprint density at radius 1 is 0.967 bits per heavy atom. The molecule has 2 aromatic carbocycles. The van der Waals surface area contributed by atoms with E-state index in [0.29, 0.717) is 11.1 Å². The van der Waals surface area contributed by atoms with Crippen LogP contribution in [0.1, 0.15) is 30.9 Å². The van der Waals surface area contributed by atoms with Gasteiger partial charge in [-0.25, -0.2) is 4.98 Å². The lowest BCUT2D eigenvalue weighted by atomic mass is 10.0. The van der Waals surface area contributed by atoms with Gasteiger partial charge in [-0.05, 0) is 39.5 Å². The van der Waals surface area contributed by atoms with Gasteiger partial charge in [-0.3, -0.25) is 4.79 Å². The van der Waals surface area contributed by atoms with Gasteiger partial charge in [0.25, 0.3) is 0 Å². The number of carbonyl (C=O) groups excluding carboxylic acids is 1. The predicted molar refractivity (Wildman–Crippen MR) is 121 cm³/mol. The number of hydrogen-bond donors (Lipinski definition) is 1. The van der Waals surface area contributed by atoms with Crippen molar-refractivity contribution in [1.82, 2.24) is 20.5 Å². The lowest BCUT2D eigenvalue weighted by molar-refractivity contribution is -0.119. The van der Waals surface area contributed by atoms with Gasteiger partial charge in [-0.1, -0.05) is 71.4 Å². The average molecular weight is 419 g/mol. The van der Waals surface area contributed by atoms with Crippen LogP contribution in [0.3, 0.4) is 0 Å². The van der Waals surface area contributed by atoms with E-state index in [-0.39, 0.29) is 17.7 Å². The molecule has 1 amide bonds. The van der Waals surface area contributed by atoms with E-state index in [4.69, 9.17) is 4.98 Å². The molecule has 0 unspecified atom stereocenters. The van der Waals surface area contributed by atoms with Crippen molar-refractivity contribution in [3.05, 3.63) is 59.7 Å². The number of nitrogens with zero attached hydrogens (tertiary/aromatic N) is 3. The number of aromatic nitrogens is 3. The number of thioether (sulfide) groups is 1. The first-order valence-corrected chi connectivity index (χ1v) is 11.3. The van der Waals surface area contributed by atoms with Gasteiger partial charge in [0.2, 0.25) is 11.1 Å². The molecule has 1 saturated carbocycles. The van der Waals surface area contributed by atoms with E-state index < -0.39 is 0 Å². The maximum atomic E-state index is 12.3. The highest BCUT2D eigenvalue weighted by atomic mass is 32.2. The Bertz CT molecular complexity index is 1030. The van der Waals surface area contributed by atoms with E-state index in [9.17, 15) is 4.79 Å². The Morgan fingerprint density at radius 3 is 2.10 bits per heavy atom. The number of rotatable bonds is 7. The van der Waals surface area contributed by atoms with E-state index in [1.54, 1.807) is 0 Å². The third kappa shape index (κ3) is 5.05. The summed E-state index contributed by atoms with van der Waals surface area (Å²) in [6, 6.07) is 16.7. The molecule has 0 radical (unpaired) electrons. The molecular weight excluding hydrogens is 392 g/mol. The molecule has 4 rings (SSSR count). The smallest absolute Gasteiger partial charge is 0.230 e. The van der Waals surface area contributed by atoms with Gasteiger partial charge in [0.05, 0.1) is 5.75 Å². The Morgan fingerprint density at radius 2 is 1.53 bits per heavy atom. The van der Waals surface area contributed by atoms with Crippen LogP contribution in [-0.2, 0) is 4.79 Å². The number of hydrogen-bond acceptors (Lipinski definition) is 5. The maximum absolute atomic E-state index is 12.3. The first-order chi connectivity index (χ1) is 14.5. The average Bonchev–Trinajstić information content (AvgIpc) is 3.59. The summed E-state index contributed by atoms with van der Waals surface area (Å²) in [7, 11) is 0. The van der Waals surface area contributed by atoms with Crippen LogP contribution in [-0.4, -0.2) is 32.9 Å². The molecule has 1 aromatic heterocycles. The highest BCUT2D eigenvalue weighted by molar-refractivity contribution is 7.99.